The molecule has 0 amide bonds. The zero-order valence-electron chi connectivity index (χ0n) is 13.3. The molecule has 0 fully saturated rings. The molecule has 0 aliphatic carbocycles. The normalized spacial score (nSPS) is 11.0. The van der Waals surface area contributed by atoms with Crippen molar-refractivity contribution in [2.45, 2.75) is 12.5 Å². The summed E-state index contributed by atoms with van der Waals surface area (Å²) in [7, 11) is 0. The van der Waals surface area contributed by atoms with E-state index in [9.17, 15) is 0 Å². The predicted octanol–water partition coefficient (Wildman–Crippen LogP) is 5.53. The number of hydrogen-bond acceptors (Lipinski definition) is 1. The van der Waals surface area contributed by atoms with Gasteiger partial charge in [-0.25, -0.2) is 0 Å². The molecule has 0 saturated heterocycles. The van der Waals surface area contributed by atoms with E-state index in [1.807, 2.05) is 61.5 Å². The van der Waals surface area contributed by atoms with E-state index in [0.29, 0.717) is 5.76 Å². The van der Waals surface area contributed by atoms with Gasteiger partial charge in [-0.05, 0) is 6.92 Å². The van der Waals surface area contributed by atoms with Crippen LogP contribution >= 0.6 is 0 Å². The van der Waals surface area contributed by atoms with Crippen LogP contribution in [-0.2, 0) is 10.3 Å². The maximum Gasteiger partial charge on any atom is 0.184 e. The Kier molecular flexibility index (Phi) is 4.29. The van der Waals surface area contributed by atoms with E-state index in [1.54, 1.807) is 0 Å². The third kappa shape index (κ3) is 2.91. The first-order valence-corrected chi connectivity index (χ1v) is 7.74. The summed E-state index contributed by atoms with van der Waals surface area (Å²) in [6, 6.07) is 30.9. The lowest BCUT2D eigenvalue weighted by molar-refractivity contribution is 0.0738. The molecule has 114 valence electrons. The van der Waals surface area contributed by atoms with E-state index in [4.69, 9.17) is 4.74 Å². The molecule has 0 radical (unpaired) electrons. The Morgan fingerprint density at radius 2 is 0.957 bits per heavy atom. The van der Waals surface area contributed by atoms with E-state index in [2.05, 4.69) is 43.0 Å². The van der Waals surface area contributed by atoms with Gasteiger partial charge in [-0.1, -0.05) is 97.6 Å². The summed E-state index contributed by atoms with van der Waals surface area (Å²) in [4.78, 5) is 0. The largest absolute Gasteiger partial charge is 0.478 e. The molecule has 1 heteroatoms. The molecule has 0 aliphatic rings. The molecule has 0 heterocycles. The minimum atomic E-state index is -0.699. The molecule has 3 aromatic carbocycles. The van der Waals surface area contributed by atoms with Crippen molar-refractivity contribution in [2.24, 2.45) is 0 Å². The van der Waals surface area contributed by atoms with Gasteiger partial charge in [0.15, 0.2) is 5.60 Å². The fourth-order valence-corrected chi connectivity index (χ4v) is 2.96. The summed E-state index contributed by atoms with van der Waals surface area (Å²) in [6.07, 6.45) is 0. The maximum absolute atomic E-state index is 6.40. The molecule has 0 N–H and O–H groups in total. The fourth-order valence-electron chi connectivity index (χ4n) is 2.96. The van der Waals surface area contributed by atoms with Crippen LogP contribution in [0.15, 0.2) is 103 Å². The van der Waals surface area contributed by atoms with Gasteiger partial charge in [-0.2, -0.15) is 0 Å². The van der Waals surface area contributed by atoms with Crippen molar-refractivity contribution in [1.29, 1.82) is 0 Å². The Bertz CT molecular complexity index is 664. The topological polar surface area (TPSA) is 9.23 Å². The van der Waals surface area contributed by atoms with Crippen LogP contribution in [0.4, 0.5) is 0 Å². The summed E-state index contributed by atoms with van der Waals surface area (Å²) >= 11 is 0. The number of hydrogen-bond donors (Lipinski definition) is 0. The smallest absolute Gasteiger partial charge is 0.184 e. The van der Waals surface area contributed by atoms with Crippen LogP contribution in [0.2, 0.25) is 0 Å². The molecule has 23 heavy (non-hydrogen) atoms. The summed E-state index contributed by atoms with van der Waals surface area (Å²) in [6.45, 7) is 5.89. The number of benzene rings is 3. The molecule has 0 atom stereocenters. The summed E-state index contributed by atoms with van der Waals surface area (Å²) in [5.41, 5.74) is 2.55. The lowest BCUT2D eigenvalue weighted by Gasteiger charge is -2.36. The first-order valence-electron chi connectivity index (χ1n) is 7.74. The van der Waals surface area contributed by atoms with E-state index in [1.165, 1.54) is 0 Å². The van der Waals surface area contributed by atoms with Crippen LogP contribution in [0, 0.1) is 0 Å². The molecular formula is C22H20O. The Morgan fingerprint density at radius 3 is 1.22 bits per heavy atom. The van der Waals surface area contributed by atoms with E-state index >= 15 is 0 Å². The van der Waals surface area contributed by atoms with Gasteiger partial charge in [0, 0.05) is 16.7 Å². The summed E-state index contributed by atoms with van der Waals surface area (Å²) < 4.78 is 6.40. The fraction of sp³-hybridized carbons (Fsp3) is 0.0909. The number of allylic oxidation sites excluding steroid dienone is 1. The van der Waals surface area contributed by atoms with Crippen LogP contribution in [-0.4, -0.2) is 0 Å². The Morgan fingerprint density at radius 1 is 0.652 bits per heavy atom. The molecule has 3 aromatic rings. The van der Waals surface area contributed by atoms with Gasteiger partial charge in [0.05, 0.1) is 5.76 Å². The van der Waals surface area contributed by atoms with E-state index in [-0.39, 0.29) is 0 Å². The summed E-state index contributed by atoms with van der Waals surface area (Å²) in [5, 5.41) is 0. The molecular weight excluding hydrogens is 280 g/mol. The second-order valence-electron chi connectivity index (χ2n) is 5.58. The Labute approximate surface area is 137 Å². The molecule has 0 bridgehead atoms. The average molecular weight is 300 g/mol. The van der Waals surface area contributed by atoms with Gasteiger partial charge < -0.3 is 4.74 Å². The molecule has 0 spiro atoms. The highest BCUT2D eigenvalue weighted by Gasteiger charge is 2.38. The van der Waals surface area contributed by atoms with E-state index in [0.717, 1.165) is 16.7 Å². The second-order valence-corrected chi connectivity index (χ2v) is 5.58. The second kappa shape index (κ2) is 6.53. The van der Waals surface area contributed by atoms with Gasteiger partial charge in [-0.3, -0.25) is 0 Å². The van der Waals surface area contributed by atoms with Crippen molar-refractivity contribution in [3.8, 4) is 0 Å². The zero-order chi connectivity index (χ0) is 16.1. The third-order valence-corrected chi connectivity index (χ3v) is 3.87. The van der Waals surface area contributed by atoms with Crippen molar-refractivity contribution in [1.82, 2.24) is 0 Å². The van der Waals surface area contributed by atoms with Crippen LogP contribution in [0.3, 0.4) is 0 Å². The monoisotopic (exact) mass is 300 g/mol. The van der Waals surface area contributed by atoms with Crippen molar-refractivity contribution in [3.63, 3.8) is 0 Å². The first-order chi connectivity index (χ1) is 11.2. The van der Waals surface area contributed by atoms with Gasteiger partial charge in [0.1, 0.15) is 0 Å². The van der Waals surface area contributed by atoms with Crippen molar-refractivity contribution >= 4 is 0 Å². The minimum absolute atomic E-state index is 0.682. The Hall–Kier alpha value is -2.80. The van der Waals surface area contributed by atoms with Crippen LogP contribution < -0.4 is 0 Å². The third-order valence-electron chi connectivity index (χ3n) is 3.87. The molecule has 0 aliphatic heterocycles. The molecule has 3 rings (SSSR count). The highest BCUT2D eigenvalue weighted by atomic mass is 16.5. The van der Waals surface area contributed by atoms with Crippen molar-refractivity contribution in [3.05, 3.63) is 120 Å². The predicted molar refractivity (Wildman–Crippen MR) is 95.1 cm³/mol. The summed E-state index contributed by atoms with van der Waals surface area (Å²) in [5.74, 6) is 0.682. The van der Waals surface area contributed by atoms with Crippen LogP contribution in [0.1, 0.15) is 23.6 Å². The van der Waals surface area contributed by atoms with Crippen LogP contribution in [0.25, 0.3) is 0 Å². The lowest BCUT2D eigenvalue weighted by atomic mass is 9.80. The van der Waals surface area contributed by atoms with E-state index < -0.39 is 5.60 Å². The maximum atomic E-state index is 6.40. The molecule has 0 aromatic heterocycles. The highest BCUT2D eigenvalue weighted by Crippen LogP contribution is 2.41. The standard InChI is InChI=1S/C22H20O/c1-18(2)23-22(19-12-6-3-7-13-19,20-14-8-4-9-15-20)21-16-10-5-11-17-21/h3-17H,1H2,2H3. The number of rotatable bonds is 5. The van der Waals surface area contributed by atoms with Crippen molar-refractivity contribution < 1.29 is 4.74 Å². The molecule has 0 saturated carbocycles. The minimum Gasteiger partial charge on any atom is -0.478 e. The van der Waals surface area contributed by atoms with Crippen LogP contribution in [0.5, 0.6) is 0 Å². The lowest BCUT2D eigenvalue weighted by Crippen LogP contribution is -2.32. The molecule has 1 nitrogen and oxygen atoms in total. The SMILES string of the molecule is C=C(C)OC(c1ccccc1)(c1ccccc1)c1ccccc1. The van der Waals surface area contributed by atoms with Crippen molar-refractivity contribution in [2.75, 3.05) is 0 Å². The zero-order valence-corrected chi connectivity index (χ0v) is 13.3. The number of ether oxygens (including phenoxy) is 1. The highest BCUT2D eigenvalue weighted by molar-refractivity contribution is 5.47. The molecule has 0 unspecified atom stereocenters. The van der Waals surface area contributed by atoms with Gasteiger partial charge >= 0.3 is 0 Å². The average Bonchev–Trinajstić information content (AvgIpc) is 2.62. The first kappa shape index (κ1) is 15.1. The Balaban J connectivity index is 2.32. The quantitative estimate of drug-likeness (QED) is 0.445. The van der Waals surface area contributed by atoms with Gasteiger partial charge in [0.2, 0.25) is 0 Å². The van der Waals surface area contributed by atoms with Gasteiger partial charge in [-0.15, -0.1) is 0 Å². The van der Waals surface area contributed by atoms with Gasteiger partial charge in [0.25, 0.3) is 0 Å².